The number of aromatic amines is 1. The quantitative estimate of drug-likeness (QED) is 0.424. The number of halogens is 1. The van der Waals surface area contributed by atoms with Crippen LogP contribution in [0.4, 0.5) is 4.39 Å². The number of hydrogen-bond acceptors (Lipinski definition) is 3. The number of fused-ring (bicyclic) bond motifs is 3. The van der Waals surface area contributed by atoms with Crippen molar-refractivity contribution in [3.63, 3.8) is 0 Å². The van der Waals surface area contributed by atoms with Gasteiger partial charge < -0.3 is 4.98 Å². The maximum atomic E-state index is 13.9. The number of hydrogen-bond donors (Lipinski definition) is 1. The van der Waals surface area contributed by atoms with Gasteiger partial charge in [0, 0.05) is 28.0 Å². The number of para-hydroxylation sites is 1. The molecule has 0 amide bonds. The highest BCUT2D eigenvalue weighted by Crippen LogP contribution is 2.41. The van der Waals surface area contributed by atoms with Crippen molar-refractivity contribution >= 4 is 32.7 Å². The first-order valence-corrected chi connectivity index (χ1v) is 12.7. The molecule has 0 fully saturated rings. The predicted molar refractivity (Wildman–Crippen MR) is 122 cm³/mol. The van der Waals surface area contributed by atoms with Crippen LogP contribution in [0.3, 0.4) is 0 Å². The van der Waals surface area contributed by atoms with Crippen LogP contribution in [0.2, 0.25) is 0 Å². The van der Waals surface area contributed by atoms with E-state index in [4.69, 9.17) is 0 Å². The van der Waals surface area contributed by atoms with Crippen LogP contribution in [0.5, 0.6) is 0 Å². The van der Waals surface area contributed by atoms with Gasteiger partial charge >= 0.3 is 0 Å². The molecule has 1 aliphatic rings. The van der Waals surface area contributed by atoms with Crippen LogP contribution in [-0.2, 0) is 16.4 Å². The lowest BCUT2D eigenvalue weighted by Crippen LogP contribution is -2.40. The lowest BCUT2D eigenvalue weighted by Gasteiger charge is -2.35. The summed E-state index contributed by atoms with van der Waals surface area (Å²) < 4.78 is 42.6. The van der Waals surface area contributed by atoms with Crippen LogP contribution >= 0.6 is 11.8 Å². The minimum atomic E-state index is -3.91. The van der Waals surface area contributed by atoms with Crippen molar-refractivity contribution in [3.8, 4) is 0 Å². The zero-order chi connectivity index (χ0) is 21.6. The smallest absolute Gasteiger partial charge is 0.244 e. The molecule has 0 saturated heterocycles. The van der Waals surface area contributed by atoms with Gasteiger partial charge in [0.15, 0.2) is 0 Å². The highest BCUT2D eigenvalue weighted by molar-refractivity contribution is 7.98. The number of aromatic nitrogens is 1. The summed E-state index contributed by atoms with van der Waals surface area (Å²) in [6.45, 7) is 0.322. The molecule has 1 atom stereocenters. The number of rotatable bonds is 4. The Morgan fingerprint density at radius 1 is 1.03 bits per heavy atom. The van der Waals surface area contributed by atoms with Gasteiger partial charge in [0.05, 0.1) is 10.9 Å². The topological polar surface area (TPSA) is 53.2 Å². The van der Waals surface area contributed by atoms with Crippen molar-refractivity contribution in [3.05, 3.63) is 95.4 Å². The van der Waals surface area contributed by atoms with E-state index in [1.807, 2.05) is 48.7 Å². The number of nitrogens with one attached hydrogen (secondary N) is 1. The van der Waals surface area contributed by atoms with E-state index in [2.05, 4.69) is 11.1 Å². The molecule has 4 aromatic rings. The Bertz CT molecular complexity index is 1360. The first-order chi connectivity index (χ1) is 15.0. The summed E-state index contributed by atoms with van der Waals surface area (Å²) in [6, 6.07) is 20.7. The van der Waals surface area contributed by atoms with Gasteiger partial charge in [-0.1, -0.05) is 36.4 Å². The third-order valence-corrected chi connectivity index (χ3v) is 8.43. The summed E-state index contributed by atoms with van der Waals surface area (Å²) in [4.78, 5) is 4.55. The summed E-state index contributed by atoms with van der Waals surface area (Å²) >= 11 is 1.64. The maximum Gasteiger partial charge on any atom is 0.244 e. The lowest BCUT2D eigenvalue weighted by atomic mass is 9.94. The van der Waals surface area contributed by atoms with Crippen molar-refractivity contribution in [1.82, 2.24) is 9.29 Å². The summed E-state index contributed by atoms with van der Waals surface area (Å²) in [5.74, 6) is -0.565. The molecule has 1 N–H and O–H groups in total. The largest absolute Gasteiger partial charge is 0.357 e. The minimum absolute atomic E-state index is 0.0298. The van der Waals surface area contributed by atoms with Gasteiger partial charge in [0.25, 0.3) is 0 Å². The van der Waals surface area contributed by atoms with Crippen LogP contribution in [0.25, 0.3) is 10.9 Å². The third-order valence-electron chi connectivity index (χ3n) is 5.82. The molecule has 0 aliphatic carbocycles. The van der Waals surface area contributed by atoms with E-state index in [9.17, 15) is 12.8 Å². The molecule has 3 aromatic carbocycles. The van der Waals surface area contributed by atoms with Gasteiger partial charge in [0.1, 0.15) is 5.82 Å². The fourth-order valence-corrected chi connectivity index (χ4v) is 6.39. The number of sulfonamides is 1. The minimum Gasteiger partial charge on any atom is -0.357 e. The molecule has 0 saturated carbocycles. The first kappa shape index (κ1) is 20.3. The van der Waals surface area contributed by atoms with E-state index in [0.29, 0.717) is 13.0 Å². The van der Waals surface area contributed by atoms with Crippen LogP contribution in [-0.4, -0.2) is 30.5 Å². The van der Waals surface area contributed by atoms with Gasteiger partial charge in [-0.25, -0.2) is 12.8 Å². The van der Waals surface area contributed by atoms with Crippen molar-refractivity contribution in [1.29, 1.82) is 0 Å². The highest BCUT2D eigenvalue weighted by atomic mass is 32.2. The summed E-state index contributed by atoms with van der Waals surface area (Å²) in [5, 5.41) is 1.12. The fourth-order valence-electron chi connectivity index (χ4n) is 4.36. The highest BCUT2D eigenvalue weighted by Gasteiger charge is 2.39. The Labute approximate surface area is 185 Å². The van der Waals surface area contributed by atoms with E-state index in [1.165, 1.54) is 22.5 Å². The van der Waals surface area contributed by atoms with Gasteiger partial charge in [-0.3, -0.25) is 0 Å². The average molecular weight is 453 g/mol. The molecular weight excluding hydrogens is 431 g/mol. The Morgan fingerprint density at radius 2 is 1.81 bits per heavy atom. The SMILES string of the molecule is CSc1ccc([C@H]2c3[nH]c4ccccc4c3CCN2S(=O)(=O)c2cccc(F)c2)cc1. The third kappa shape index (κ3) is 3.46. The van der Waals surface area contributed by atoms with E-state index >= 15 is 0 Å². The second-order valence-electron chi connectivity index (χ2n) is 7.56. The van der Waals surface area contributed by atoms with E-state index in [1.54, 1.807) is 11.8 Å². The van der Waals surface area contributed by atoms with Gasteiger partial charge in [-0.2, -0.15) is 4.31 Å². The molecular formula is C24H21FN2O2S2. The van der Waals surface area contributed by atoms with Crippen molar-refractivity contribution in [2.75, 3.05) is 12.8 Å². The molecule has 158 valence electrons. The standard InChI is InChI=1S/C24H21FN2O2S2/c1-30-18-11-9-16(10-12-18)24-23-21(20-7-2-3-8-22(20)26-23)13-14-27(24)31(28,29)19-6-4-5-17(25)15-19/h2-12,15,24,26H,13-14H2,1H3/t24-/m0/s1. The predicted octanol–water partition coefficient (Wildman–Crippen LogP) is 5.37. The molecule has 1 aromatic heterocycles. The van der Waals surface area contributed by atoms with Crippen LogP contribution in [0.1, 0.15) is 22.9 Å². The monoisotopic (exact) mass is 452 g/mol. The van der Waals surface area contributed by atoms with Crippen LogP contribution in [0, 0.1) is 5.82 Å². The van der Waals surface area contributed by atoms with E-state index < -0.39 is 21.9 Å². The second-order valence-corrected chi connectivity index (χ2v) is 10.3. The number of benzene rings is 3. The van der Waals surface area contributed by atoms with Crippen LogP contribution in [0.15, 0.2) is 82.6 Å². The fraction of sp³-hybridized carbons (Fsp3) is 0.167. The average Bonchev–Trinajstić information content (AvgIpc) is 3.17. The molecule has 5 rings (SSSR count). The van der Waals surface area contributed by atoms with Gasteiger partial charge in [-0.15, -0.1) is 11.8 Å². The Hall–Kier alpha value is -2.61. The van der Waals surface area contributed by atoms with E-state index in [-0.39, 0.29) is 4.90 Å². The normalized spacial score (nSPS) is 17.0. The summed E-state index contributed by atoms with van der Waals surface area (Å²) in [5.41, 5.74) is 3.89. The van der Waals surface area contributed by atoms with Crippen molar-refractivity contribution < 1.29 is 12.8 Å². The van der Waals surface area contributed by atoms with Crippen molar-refractivity contribution in [2.24, 2.45) is 0 Å². The molecule has 1 aliphatic heterocycles. The molecule has 0 unspecified atom stereocenters. The zero-order valence-electron chi connectivity index (χ0n) is 16.9. The number of H-pyrrole nitrogens is 1. The first-order valence-electron chi connectivity index (χ1n) is 10.00. The molecule has 0 bridgehead atoms. The molecule has 31 heavy (non-hydrogen) atoms. The molecule has 7 heteroatoms. The molecule has 0 radical (unpaired) electrons. The Kier molecular flexibility index (Phi) is 5.12. The lowest BCUT2D eigenvalue weighted by molar-refractivity contribution is 0.340. The van der Waals surface area contributed by atoms with Gasteiger partial charge in [0.2, 0.25) is 10.0 Å². The number of nitrogens with zero attached hydrogens (tertiary/aromatic N) is 1. The summed E-state index contributed by atoms with van der Waals surface area (Å²) in [6.07, 6.45) is 2.60. The van der Waals surface area contributed by atoms with Crippen molar-refractivity contribution in [2.45, 2.75) is 22.3 Å². The molecule has 0 spiro atoms. The number of thioether (sulfide) groups is 1. The van der Waals surface area contributed by atoms with Crippen LogP contribution < -0.4 is 0 Å². The second kappa shape index (κ2) is 7.82. The van der Waals surface area contributed by atoms with Gasteiger partial charge in [-0.05, 0) is 60.2 Å². The molecule has 2 heterocycles. The molecule has 4 nitrogen and oxygen atoms in total. The van der Waals surface area contributed by atoms with E-state index in [0.717, 1.165) is 38.7 Å². The Balaban J connectivity index is 1.70. The maximum absolute atomic E-state index is 13.9. The summed E-state index contributed by atoms with van der Waals surface area (Å²) in [7, 11) is -3.91. The Morgan fingerprint density at radius 3 is 2.55 bits per heavy atom. The zero-order valence-corrected chi connectivity index (χ0v) is 18.5.